The highest BCUT2D eigenvalue weighted by Crippen LogP contribution is 2.18. The van der Waals surface area contributed by atoms with Crippen LogP contribution in [0.1, 0.15) is 60.8 Å². The van der Waals surface area contributed by atoms with E-state index in [0.29, 0.717) is 6.61 Å². The third-order valence-electron chi connectivity index (χ3n) is 3.21. The van der Waals surface area contributed by atoms with E-state index in [1.165, 1.54) is 7.11 Å². The molecule has 0 atom stereocenters. The van der Waals surface area contributed by atoms with E-state index in [4.69, 9.17) is 9.47 Å². The number of rotatable bonds is 8. The molecule has 1 aliphatic rings. The Bertz CT molecular complexity index is 415. The number of nitrogens with zero attached hydrogens (tertiary/aromatic N) is 1. The molecule has 24 heavy (non-hydrogen) atoms. The Hall–Kier alpha value is -1.31. The van der Waals surface area contributed by atoms with Crippen LogP contribution < -0.4 is 0 Å². The summed E-state index contributed by atoms with van der Waals surface area (Å²) in [4.78, 5) is 36.3. The van der Waals surface area contributed by atoms with Crippen molar-refractivity contribution in [2.45, 2.75) is 78.1 Å². The fourth-order valence-electron chi connectivity index (χ4n) is 2.05. The second-order valence-electron chi connectivity index (χ2n) is 7.01. The van der Waals surface area contributed by atoms with Gasteiger partial charge in [0.05, 0.1) is 25.4 Å². The third-order valence-corrected chi connectivity index (χ3v) is 3.21. The maximum atomic E-state index is 10.6. The lowest BCUT2D eigenvalue weighted by Crippen LogP contribution is -2.33. The molecule has 1 rings (SSSR count). The van der Waals surface area contributed by atoms with Gasteiger partial charge in [-0.3, -0.25) is 14.4 Å². The van der Waals surface area contributed by atoms with Gasteiger partial charge in [0, 0.05) is 12.8 Å². The molecular formula is C17H31NO6. The molecule has 0 radical (unpaired) electrons. The first kappa shape index (κ1) is 22.7. The van der Waals surface area contributed by atoms with Crippen molar-refractivity contribution in [2.24, 2.45) is 0 Å². The van der Waals surface area contributed by atoms with Crippen LogP contribution in [0.25, 0.3) is 0 Å². The van der Waals surface area contributed by atoms with Gasteiger partial charge in [-0.2, -0.15) is 5.06 Å². The minimum Gasteiger partial charge on any atom is -0.373 e. The standard InChI is InChI=1S/C12H24O3.C5H7NO3/c1-10(2)15-11(3,4)7-8-14-12(5,6)9-13;1-9-6-4(7)2-3-5(6)8/h9-10H,7-8H2,1-6H3;2-3H2,1H3. The summed E-state index contributed by atoms with van der Waals surface area (Å²) < 4.78 is 11.2. The van der Waals surface area contributed by atoms with Crippen LogP contribution in [0.15, 0.2) is 0 Å². The number of carbonyl (C=O) groups excluding carboxylic acids is 3. The average Bonchev–Trinajstić information content (AvgIpc) is 2.76. The van der Waals surface area contributed by atoms with E-state index in [1.807, 2.05) is 27.7 Å². The monoisotopic (exact) mass is 345 g/mol. The zero-order chi connectivity index (χ0) is 19.0. The highest BCUT2D eigenvalue weighted by atomic mass is 16.7. The zero-order valence-electron chi connectivity index (χ0n) is 15.9. The van der Waals surface area contributed by atoms with Crippen LogP contribution in [-0.4, -0.2) is 54.2 Å². The molecular weight excluding hydrogens is 314 g/mol. The Balaban J connectivity index is 0.000000496. The SMILES string of the molecule is CC(C)OC(C)(C)CCOC(C)(C)C=O.CON1C(=O)CCC1=O. The molecule has 0 N–H and O–H groups in total. The molecule has 0 aromatic rings. The van der Waals surface area contributed by atoms with Crippen molar-refractivity contribution in [3.63, 3.8) is 0 Å². The number of amides is 2. The Labute approximate surface area is 144 Å². The maximum Gasteiger partial charge on any atom is 0.253 e. The van der Waals surface area contributed by atoms with Crippen molar-refractivity contribution in [3.05, 3.63) is 0 Å². The first-order chi connectivity index (χ1) is 10.9. The molecule has 7 nitrogen and oxygen atoms in total. The lowest BCUT2D eigenvalue weighted by atomic mass is 10.1. The second kappa shape index (κ2) is 9.86. The summed E-state index contributed by atoms with van der Waals surface area (Å²) in [5, 5.41) is 0.792. The minimum absolute atomic E-state index is 0.201. The van der Waals surface area contributed by atoms with Crippen molar-refractivity contribution in [1.82, 2.24) is 5.06 Å². The fraction of sp³-hybridized carbons (Fsp3) is 0.824. The summed E-state index contributed by atoms with van der Waals surface area (Å²) in [6.45, 7) is 12.1. The highest BCUT2D eigenvalue weighted by Gasteiger charge is 2.28. The van der Waals surface area contributed by atoms with Gasteiger partial charge >= 0.3 is 0 Å². The lowest BCUT2D eigenvalue weighted by Gasteiger charge is -2.29. The van der Waals surface area contributed by atoms with Gasteiger partial charge in [0.25, 0.3) is 11.8 Å². The predicted molar refractivity (Wildman–Crippen MR) is 89.1 cm³/mol. The first-order valence-corrected chi connectivity index (χ1v) is 8.12. The molecule has 0 aliphatic carbocycles. The van der Waals surface area contributed by atoms with E-state index in [9.17, 15) is 14.4 Å². The molecule has 1 fully saturated rings. The smallest absolute Gasteiger partial charge is 0.253 e. The normalized spacial score (nSPS) is 15.6. The Morgan fingerprint density at radius 3 is 1.96 bits per heavy atom. The maximum absolute atomic E-state index is 10.6. The Morgan fingerprint density at radius 1 is 1.12 bits per heavy atom. The number of hydrogen-bond donors (Lipinski definition) is 0. The summed E-state index contributed by atoms with van der Waals surface area (Å²) in [7, 11) is 1.31. The van der Waals surface area contributed by atoms with Crippen LogP contribution in [0.5, 0.6) is 0 Å². The van der Waals surface area contributed by atoms with Crippen LogP contribution in [0.3, 0.4) is 0 Å². The molecule has 0 aromatic carbocycles. The quantitative estimate of drug-likeness (QED) is 0.496. The van der Waals surface area contributed by atoms with E-state index in [-0.39, 0.29) is 36.4 Å². The Morgan fingerprint density at radius 2 is 1.62 bits per heavy atom. The molecule has 2 amide bonds. The number of imide groups is 1. The minimum atomic E-state index is -0.687. The molecule has 1 aliphatic heterocycles. The van der Waals surface area contributed by atoms with Gasteiger partial charge in [-0.1, -0.05) is 0 Å². The van der Waals surface area contributed by atoms with Gasteiger partial charge in [-0.15, -0.1) is 0 Å². The van der Waals surface area contributed by atoms with Crippen LogP contribution in [0, 0.1) is 0 Å². The van der Waals surface area contributed by atoms with E-state index in [1.54, 1.807) is 13.8 Å². The van der Waals surface area contributed by atoms with E-state index < -0.39 is 5.60 Å². The van der Waals surface area contributed by atoms with E-state index in [2.05, 4.69) is 4.84 Å². The number of hydrogen-bond acceptors (Lipinski definition) is 6. The summed E-state index contributed by atoms with van der Waals surface area (Å²) in [6.07, 6.45) is 2.38. The van der Waals surface area contributed by atoms with Gasteiger partial charge in [-0.25, -0.2) is 0 Å². The van der Waals surface area contributed by atoms with Gasteiger partial charge < -0.3 is 14.3 Å². The predicted octanol–water partition coefficient (Wildman–Crippen LogP) is 2.27. The first-order valence-electron chi connectivity index (χ1n) is 8.12. The summed E-state index contributed by atoms with van der Waals surface area (Å²) in [6, 6.07) is 0. The number of hydroxylamine groups is 2. The molecule has 0 spiro atoms. The van der Waals surface area contributed by atoms with E-state index in [0.717, 1.165) is 17.8 Å². The molecule has 0 bridgehead atoms. The summed E-state index contributed by atoms with van der Waals surface area (Å²) >= 11 is 0. The number of carbonyl (C=O) groups is 3. The molecule has 0 unspecified atom stereocenters. The van der Waals surface area contributed by atoms with Crippen LogP contribution in [0.2, 0.25) is 0 Å². The highest BCUT2D eigenvalue weighted by molar-refractivity contribution is 6.00. The largest absolute Gasteiger partial charge is 0.373 e. The van der Waals surface area contributed by atoms with Crippen LogP contribution in [0.4, 0.5) is 0 Å². The molecule has 0 aromatic heterocycles. The van der Waals surface area contributed by atoms with Crippen molar-refractivity contribution < 1.29 is 28.7 Å². The van der Waals surface area contributed by atoms with Crippen molar-refractivity contribution in [3.8, 4) is 0 Å². The molecule has 7 heteroatoms. The van der Waals surface area contributed by atoms with Crippen LogP contribution >= 0.6 is 0 Å². The second-order valence-corrected chi connectivity index (χ2v) is 7.01. The van der Waals surface area contributed by atoms with Gasteiger partial charge in [0.1, 0.15) is 5.60 Å². The average molecular weight is 345 g/mol. The number of ether oxygens (including phenoxy) is 2. The van der Waals surface area contributed by atoms with Gasteiger partial charge in [-0.05, 0) is 48.0 Å². The van der Waals surface area contributed by atoms with Gasteiger partial charge in [0.15, 0.2) is 6.29 Å². The topological polar surface area (TPSA) is 82.1 Å². The molecule has 0 saturated carbocycles. The van der Waals surface area contributed by atoms with Crippen molar-refractivity contribution in [1.29, 1.82) is 0 Å². The van der Waals surface area contributed by atoms with Crippen molar-refractivity contribution >= 4 is 18.1 Å². The lowest BCUT2D eigenvalue weighted by molar-refractivity contribution is -0.179. The molecule has 140 valence electrons. The van der Waals surface area contributed by atoms with Gasteiger partial charge in [0.2, 0.25) is 0 Å². The molecule has 1 saturated heterocycles. The summed E-state index contributed by atoms with van der Waals surface area (Å²) in [5.41, 5.74) is -0.888. The summed E-state index contributed by atoms with van der Waals surface area (Å²) in [5.74, 6) is -0.495. The fourth-order valence-corrected chi connectivity index (χ4v) is 2.05. The Kier molecular flexibility index (Phi) is 9.32. The van der Waals surface area contributed by atoms with Crippen molar-refractivity contribution in [2.75, 3.05) is 13.7 Å². The zero-order valence-corrected chi connectivity index (χ0v) is 15.9. The van der Waals surface area contributed by atoms with E-state index >= 15 is 0 Å². The van der Waals surface area contributed by atoms with Crippen LogP contribution in [-0.2, 0) is 28.7 Å². The molecule has 1 heterocycles. The third kappa shape index (κ3) is 9.10. The number of aldehydes is 1.